The lowest BCUT2D eigenvalue weighted by Crippen LogP contribution is -2.15. The first kappa shape index (κ1) is 19.5. The van der Waals surface area contributed by atoms with Crippen LogP contribution in [0.25, 0.3) is 21.8 Å². The predicted octanol–water partition coefficient (Wildman–Crippen LogP) is 3.80. The van der Waals surface area contributed by atoms with Crippen LogP contribution in [0.3, 0.4) is 0 Å². The van der Waals surface area contributed by atoms with Crippen molar-refractivity contribution >= 4 is 45.0 Å². The maximum atomic E-state index is 12.5. The second-order valence-electron chi connectivity index (χ2n) is 7.55. The van der Waals surface area contributed by atoms with Gasteiger partial charge >= 0.3 is 0 Å². The highest BCUT2D eigenvalue weighted by molar-refractivity contribution is 6.01. The smallest absolute Gasteiger partial charge is 0.228 e. The van der Waals surface area contributed by atoms with Crippen LogP contribution < -0.4 is 10.6 Å². The standard InChI is InChI=1S/C24H20N6O2/c31-21(27-19-5-1-3-17-13-25-29-23(17)19)11-15-7-9-16(10-8-15)12-22(32)28-20-6-2-4-18-14-26-30-24(18)20/h1-10,13-14H,11-12H2,(H,25,29)(H,26,30)(H,27,31)(H,28,32). The van der Waals surface area contributed by atoms with Gasteiger partial charge in [-0.1, -0.05) is 48.5 Å². The average Bonchev–Trinajstić information content (AvgIpc) is 3.45. The van der Waals surface area contributed by atoms with E-state index < -0.39 is 0 Å². The van der Waals surface area contributed by atoms with Gasteiger partial charge in [-0.25, -0.2) is 0 Å². The van der Waals surface area contributed by atoms with Crippen LogP contribution in [0.15, 0.2) is 73.1 Å². The third-order valence-electron chi connectivity index (χ3n) is 5.25. The first-order valence-electron chi connectivity index (χ1n) is 10.2. The number of hydrogen-bond donors (Lipinski definition) is 4. The quantitative estimate of drug-likeness (QED) is 0.332. The van der Waals surface area contributed by atoms with Crippen LogP contribution in [-0.4, -0.2) is 32.2 Å². The van der Waals surface area contributed by atoms with Crippen molar-refractivity contribution in [1.29, 1.82) is 0 Å². The Bertz CT molecular complexity index is 1310. The SMILES string of the molecule is O=C(Cc1ccc(CC(=O)Nc2cccc3cn[nH]c23)cc1)Nc1cccc2cn[nH]c12. The molecular weight excluding hydrogens is 404 g/mol. The molecule has 0 aliphatic heterocycles. The van der Waals surface area contributed by atoms with Gasteiger partial charge in [0.25, 0.3) is 0 Å². The molecule has 8 nitrogen and oxygen atoms in total. The second-order valence-corrected chi connectivity index (χ2v) is 7.55. The fraction of sp³-hybridized carbons (Fsp3) is 0.0833. The van der Waals surface area contributed by atoms with Gasteiger partial charge in [0.05, 0.1) is 47.6 Å². The molecule has 2 heterocycles. The summed E-state index contributed by atoms with van der Waals surface area (Å²) in [6, 6.07) is 18.8. The Balaban J connectivity index is 1.19. The summed E-state index contributed by atoms with van der Waals surface area (Å²) < 4.78 is 0. The molecule has 2 amide bonds. The minimum atomic E-state index is -0.120. The number of fused-ring (bicyclic) bond motifs is 2. The molecule has 2 aromatic heterocycles. The van der Waals surface area contributed by atoms with Gasteiger partial charge in [-0.05, 0) is 23.3 Å². The fourth-order valence-electron chi connectivity index (χ4n) is 3.68. The number of amides is 2. The van der Waals surface area contributed by atoms with E-state index >= 15 is 0 Å². The normalized spacial score (nSPS) is 11.0. The van der Waals surface area contributed by atoms with Crippen molar-refractivity contribution in [2.45, 2.75) is 12.8 Å². The summed E-state index contributed by atoms with van der Waals surface area (Å²) >= 11 is 0. The second kappa shape index (κ2) is 8.35. The zero-order valence-electron chi connectivity index (χ0n) is 17.1. The zero-order valence-corrected chi connectivity index (χ0v) is 17.1. The van der Waals surface area contributed by atoms with Crippen LogP contribution in [0.4, 0.5) is 11.4 Å². The molecule has 0 saturated carbocycles. The number of nitrogens with zero attached hydrogens (tertiary/aromatic N) is 2. The van der Waals surface area contributed by atoms with Crippen LogP contribution in [0.2, 0.25) is 0 Å². The molecule has 0 unspecified atom stereocenters. The number of aromatic amines is 2. The molecule has 3 aromatic carbocycles. The summed E-state index contributed by atoms with van der Waals surface area (Å²) in [6.07, 6.45) is 3.90. The van der Waals surface area contributed by atoms with Gasteiger partial charge in [0.2, 0.25) is 11.8 Å². The first-order valence-corrected chi connectivity index (χ1v) is 10.2. The molecule has 0 aliphatic carbocycles. The van der Waals surface area contributed by atoms with E-state index in [1.807, 2.05) is 60.7 Å². The van der Waals surface area contributed by atoms with E-state index in [1.165, 1.54) is 0 Å². The van der Waals surface area contributed by atoms with E-state index in [0.29, 0.717) is 11.4 Å². The Morgan fingerprint density at radius 3 is 1.53 bits per heavy atom. The Kier molecular flexibility index (Phi) is 5.09. The van der Waals surface area contributed by atoms with Crippen LogP contribution in [0.1, 0.15) is 11.1 Å². The highest BCUT2D eigenvalue weighted by Gasteiger charge is 2.10. The van der Waals surface area contributed by atoms with Crippen molar-refractivity contribution in [2.75, 3.05) is 10.6 Å². The monoisotopic (exact) mass is 424 g/mol. The third-order valence-corrected chi connectivity index (χ3v) is 5.25. The number of benzene rings is 3. The zero-order chi connectivity index (χ0) is 21.9. The summed E-state index contributed by atoms with van der Waals surface area (Å²) in [6.45, 7) is 0. The van der Waals surface area contributed by atoms with E-state index in [4.69, 9.17) is 0 Å². The maximum Gasteiger partial charge on any atom is 0.228 e. The average molecular weight is 424 g/mol. The minimum Gasteiger partial charge on any atom is -0.324 e. The van der Waals surface area contributed by atoms with Gasteiger partial charge in [-0.2, -0.15) is 10.2 Å². The predicted molar refractivity (Wildman–Crippen MR) is 123 cm³/mol. The highest BCUT2D eigenvalue weighted by atomic mass is 16.2. The highest BCUT2D eigenvalue weighted by Crippen LogP contribution is 2.22. The maximum absolute atomic E-state index is 12.5. The topological polar surface area (TPSA) is 116 Å². The van der Waals surface area contributed by atoms with Crippen molar-refractivity contribution in [1.82, 2.24) is 20.4 Å². The molecule has 32 heavy (non-hydrogen) atoms. The minimum absolute atomic E-state index is 0.120. The Morgan fingerprint density at radius 2 is 1.09 bits per heavy atom. The molecule has 158 valence electrons. The van der Waals surface area contributed by atoms with Gasteiger partial charge in [0.15, 0.2) is 0 Å². The van der Waals surface area contributed by atoms with Crippen LogP contribution in [0.5, 0.6) is 0 Å². The fourth-order valence-corrected chi connectivity index (χ4v) is 3.68. The van der Waals surface area contributed by atoms with E-state index in [0.717, 1.165) is 32.9 Å². The van der Waals surface area contributed by atoms with Crippen molar-refractivity contribution in [3.8, 4) is 0 Å². The van der Waals surface area contributed by atoms with Crippen molar-refractivity contribution in [3.05, 3.63) is 84.2 Å². The number of H-pyrrole nitrogens is 2. The van der Waals surface area contributed by atoms with E-state index in [2.05, 4.69) is 31.0 Å². The molecule has 0 atom stereocenters. The molecule has 4 N–H and O–H groups in total. The lowest BCUT2D eigenvalue weighted by molar-refractivity contribution is -0.116. The first-order chi connectivity index (χ1) is 15.7. The number of carbonyl (C=O) groups is 2. The van der Waals surface area contributed by atoms with Gasteiger partial charge in [-0.15, -0.1) is 0 Å². The molecule has 0 spiro atoms. The number of nitrogens with one attached hydrogen (secondary N) is 4. The number of hydrogen-bond acceptors (Lipinski definition) is 4. The summed E-state index contributed by atoms with van der Waals surface area (Å²) in [7, 11) is 0. The number of aromatic nitrogens is 4. The number of carbonyl (C=O) groups excluding carboxylic acids is 2. The van der Waals surface area contributed by atoms with Gasteiger partial charge in [-0.3, -0.25) is 19.8 Å². The largest absolute Gasteiger partial charge is 0.324 e. The molecule has 0 radical (unpaired) electrons. The summed E-state index contributed by atoms with van der Waals surface area (Å²) in [4.78, 5) is 25.0. The van der Waals surface area contributed by atoms with Crippen LogP contribution in [0, 0.1) is 0 Å². The lowest BCUT2D eigenvalue weighted by atomic mass is 10.1. The molecular formula is C24H20N6O2. The Hall–Kier alpha value is -4.46. The third kappa shape index (κ3) is 4.06. The number of para-hydroxylation sites is 2. The van der Waals surface area contributed by atoms with Crippen molar-refractivity contribution < 1.29 is 9.59 Å². The van der Waals surface area contributed by atoms with Gasteiger partial charge in [0.1, 0.15) is 0 Å². The van der Waals surface area contributed by atoms with E-state index in [9.17, 15) is 9.59 Å². The van der Waals surface area contributed by atoms with E-state index in [-0.39, 0.29) is 24.7 Å². The Morgan fingerprint density at radius 1 is 0.656 bits per heavy atom. The van der Waals surface area contributed by atoms with Crippen LogP contribution >= 0.6 is 0 Å². The lowest BCUT2D eigenvalue weighted by Gasteiger charge is -2.08. The van der Waals surface area contributed by atoms with E-state index in [1.54, 1.807) is 12.4 Å². The summed E-state index contributed by atoms with van der Waals surface area (Å²) in [5.74, 6) is -0.240. The molecule has 0 saturated heterocycles. The number of rotatable bonds is 6. The molecule has 0 fully saturated rings. The Labute approximate surface area is 183 Å². The summed E-state index contributed by atoms with van der Waals surface area (Å²) in [5.41, 5.74) is 4.73. The van der Waals surface area contributed by atoms with Gasteiger partial charge in [0, 0.05) is 10.8 Å². The molecule has 5 rings (SSSR count). The summed E-state index contributed by atoms with van der Waals surface area (Å²) in [5, 5.41) is 21.5. The molecule has 0 bridgehead atoms. The van der Waals surface area contributed by atoms with Crippen molar-refractivity contribution in [3.63, 3.8) is 0 Å². The molecule has 5 aromatic rings. The molecule has 8 heteroatoms. The van der Waals surface area contributed by atoms with Crippen LogP contribution in [-0.2, 0) is 22.4 Å². The molecule has 0 aliphatic rings. The van der Waals surface area contributed by atoms with Crippen molar-refractivity contribution in [2.24, 2.45) is 0 Å². The number of anilines is 2. The van der Waals surface area contributed by atoms with Gasteiger partial charge < -0.3 is 10.6 Å².